The first-order chi connectivity index (χ1) is 9.13. The minimum atomic E-state index is 0.0356. The molecule has 3 rings (SSSR count). The molecular formula is C14H15BrClNO2. The molecule has 2 atom stereocenters. The summed E-state index contributed by atoms with van der Waals surface area (Å²) >= 11 is 10.0. The summed E-state index contributed by atoms with van der Waals surface area (Å²) < 4.78 is 5.66. The van der Waals surface area contributed by atoms with E-state index in [2.05, 4.69) is 21.2 Å². The molecular weight excluding hydrogens is 330 g/mol. The number of anilines is 1. The molecule has 0 aromatic heterocycles. The Morgan fingerprint density at radius 2 is 2.37 bits per heavy atom. The van der Waals surface area contributed by atoms with E-state index in [0.717, 1.165) is 42.7 Å². The van der Waals surface area contributed by atoms with Gasteiger partial charge in [0.15, 0.2) is 0 Å². The first-order valence-electron chi connectivity index (χ1n) is 6.51. The highest BCUT2D eigenvalue weighted by molar-refractivity contribution is 9.09. The van der Waals surface area contributed by atoms with E-state index in [9.17, 15) is 4.79 Å². The maximum absolute atomic E-state index is 11.4. The SMILES string of the molecule is O=C1Cc2cc(C(Br)CC3CCCO3)c(Cl)cc2N1. The van der Waals surface area contributed by atoms with Crippen LogP contribution >= 0.6 is 27.5 Å². The van der Waals surface area contributed by atoms with E-state index in [4.69, 9.17) is 16.3 Å². The van der Waals surface area contributed by atoms with E-state index in [-0.39, 0.29) is 10.7 Å². The van der Waals surface area contributed by atoms with Crippen molar-refractivity contribution in [1.29, 1.82) is 0 Å². The number of rotatable bonds is 3. The Balaban J connectivity index is 1.80. The Morgan fingerprint density at radius 3 is 3.11 bits per heavy atom. The molecule has 1 aromatic carbocycles. The molecule has 102 valence electrons. The summed E-state index contributed by atoms with van der Waals surface area (Å²) in [6, 6.07) is 3.88. The molecule has 0 saturated carbocycles. The highest BCUT2D eigenvalue weighted by Crippen LogP contribution is 2.39. The molecule has 0 radical (unpaired) electrons. The molecule has 2 aliphatic rings. The van der Waals surface area contributed by atoms with Gasteiger partial charge in [0.05, 0.1) is 12.5 Å². The molecule has 1 fully saturated rings. The van der Waals surface area contributed by atoms with Crippen LogP contribution in [0.25, 0.3) is 0 Å². The van der Waals surface area contributed by atoms with Crippen molar-refractivity contribution in [2.75, 3.05) is 11.9 Å². The summed E-state index contributed by atoms with van der Waals surface area (Å²) in [5.41, 5.74) is 2.92. The molecule has 5 heteroatoms. The third kappa shape index (κ3) is 2.81. The van der Waals surface area contributed by atoms with Crippen molar-refractivity contribution >= 4 is 39.1 Å². The number of carbonyl (C=O) groups is 1. The van der Waals surface area contributed by atoms with Crippen molar-refractivity contribution in [2.24, 2.45) is 0 Å². The smallest absolute Gasteiger partial charge is 0.228 e. The van der Waals surface area contributed by atoms with Gasteiger partial charge in [0.1, 0.15) is 0 Å². The van der Waals surface area contributed by atoms with Crippen molar-refractivity contribution in [3.63, 3.8) is 0 Å². The average Bonchev–Trinajstić information content (AvgIpc) is 2.96. The zero-order valence-electron chi connectivity index (χ0n) is 10.4. The van der Waals surface area contributed by atoms with Gasteiger partial charge in [-0.3, -0.25) is 4.79 Å². The largest absolute Gasteiger partial charge is 0.378 e. The molecule has 0 aliphatic carbocycles. The second-order valence-electron chi connectivity index (χ2n) is 5.09. The summed E-state index contributed by atoms with van der Waals surface area (Å²) in [6.07, 6.45) is 3.93. The molecule has 3 nitrogen and oxygen atoms in total. The standard InChI is InChI=1S/C14H15BrClNO2/c15-11(6-9-2-1-3-19-9)10-4-8-5-14(18)17-13(8)7-12(10)16/h4,7,9,11H,1-3,5-6H2,(H,17,18). The topological polar surface area (TPSA) is 38.3 Å². The van der Waals surface area contributed by atoms with Crippen LogP contribution in [0.5, 0.6) is 0 Å². The lowest BCUT2D eigenvalue weighted by Crippen LogP contribution is -2.08. The molecule has 1 amide bonds. The highest BCUT2D eigenvalue weighted by Gasteiger charge is 2.25. The lowest BCUT2D eigenvalue weighted by molar-refractivity contribution is -0.115. The van der Waals surface area contributed by atoms with E-state index in [1.54, 1.807) is 0 Å². The predicted octanol–water partition coefficient (Wildman–Crippen LogP) is 3.84. The fraction of sp³-hybridized carbons (Fsp3) is 0.500. The van der Waals surface area contributed by atoms with Crippen LogP contribution in [0.3, 0.4) is 0 Å². The predicted molar refractivity (Wildman–Crippen MR) is 79.0 cm³/mol. The lowest BCUT2D eigenvalue weighted by atomic mass is 10.0. The van der Waals surface area contributed by atoms with Gasteiger partial charge in [0.25, 0.3) is 0 Å². The number of hydrogen-bond donors (Lipinski definition) is 1. The third-order valence-electron chi connectivity index (χ3n) is 3.68. The van der Waals surface area contributed by atoms with Crippen LogP contribution in [0.1, 0.15) is 35.2 Å². The minimum absolute atomic E-state index is 0.0356. The normalized spacial score (nSPS) is 23.3. The molecule has 0 spiro atoms. The van der Waals surface area contributed by atoms with Gasteiger partial charge in [-0.05, 0) is 36.5 Å². The number of amides is 1. The van der Waals surface area contributed by atoms with Gasteiger partial charge in [-0.1, -0.05) is 33.6 Å². The Hall–Kier alpha value is -0.580. The quantitative estimate of drug-likeness (QED) is 0.846. The van der Waals surface area contributed by atoms with Gasteiger partial charge in [-0.2, -0.15) is 0 Å². The average molecular weight is 345 g/mol. The fourth-order valence-corrected chi connectivity index (χ4v) is 3.92. The summed E-state index contributed by atoms with van der Waals surface area (Å²) in [5, 5.41) is 3.51. The molecule has 2 aliphatic heterocycles. The first-order valence-corrected chi connectivity index (χ1v) is 7.80. The van der Waals surface area contributed by atoms with Crippen LogP contribution in [-0.2, 0) is 16.0 Å². The summed E-state index contributed by atoms with van der Waals surface area (Å²) in [4.78, 5) is 11.6. The molecule has 1 saturated heterocycles. The molecule has 1 N–H and O–H groups in total. The van der Waals surface area contributed by atoms with Crippen LogP contribution in [0.4, 0.5) is 5.69 Å². The van der Waals surface area contributed by atoms with E-state index in [0.29, 0.717) is 17.5 Å². The Morgan fingerprint density at radius 1 is 1.53 bits per heavy atom. The maximum Gasteiger partial charge on any atom is 0.228 e. The van der Waals surface area contributed by atoms with E-state index in [1.165, 1.54) is 0 Å². The van der Waals surface area contributed by atoms with E-state index >= 15 is 0 Å². The molecule has 2 unspecified atom stereocenters. The van der Waals surface area contributed by atoms with Crippen LogP contribution in [-0.4, -0.2) is 18.6 Å². The van der Waals surface area contributed by atoms with Crippen LogP contribution in [0.15, 0.2) is 12.1 Å². The molecule has 0 bridgehead atoms. The lowest BCUT2D eigenvalue weighted by Gasteiger charge is -2.17. The van der Waals surface area contributed by atoms with Crippen molar-refractivity contribution < 1.29 is 9.53 Å². The number of fused-ring (bicyclic) bond motifs is 1. The molecule has 19 heavy (non-hydrogen) atoms. The van der Waals surface area contributed by atoms with E-state index in [1.807, 2.05) is 12.1 Å². The molecule has 2 heterocycles. The van der Waals surface area contributed by atoms with Gasteiger partial charge in [-0.25, -0.2) is 0 Å². The van der Waals surface area contributed by atoms with Crippen LogP contribution < -0.4 is 5.32 Å². The van der Waals surface area contributed by atoms with Gasteiger partial charge in [0, 0.05) is 22.1 Å². The number of ether oxygens (including phenoxy) is 1. The van der Waals surface area contributed by atoms with Crippen molar-refractivity contribution in [2.45, 2.75) is 36.6 Å². The third-order valence-corrected chi connectivity index (χ3v) is 4.87. The summed E-state index contributed by atoms with van der Waals surface area (Å²) in [5.74, 6) is 0.0356. The summed E-state index contributed by atoms with van der Waals surface area (Å²) in [6.45, 7) is 0.862. The highest BCUT2D eigenvalue weighted by atomic mass is 79.9. The van der Waals surface area contributed by atoms with E-state index < -0.39 is 0 Å². The van der Waals surface area contributed by atoms with Crippen LogP contribution in [0, 0.1) is 0 Å². The van der Waals surface area contributed by atoms with Crippen molar-refractivity contribution in [3.8, 4) is 0 Å². The van der Waals surface area contributed by atoms with Crippen molar-refractivity contribution in [3.05, 3.63) is 28.3 Å². The molecule has 1 aromatic rings. The maximum atomic E-state index is 11.4. The zero-order valence-corrected chi connectivity index (χ0v) is 12.8. The Labute approximate surface area is 125 Å². The number of carbonyl (C=O) groups excluding carboxylic acids is 1. The fourth-order valence-electron chi connectivity index (χ4n) is 2.70. The first kappa shape index (κ1) is 13.4. The number of hydrogen-bond acceptors (Lipinski definition) is 2. The van der Waals surface area contributed by atoms with Gasteiger partial charge in [-0.15, -0.1) is 0 Å². The van der Waals surface area contributed by atoms with Crippen LogP contribution in [0.2, 0.25) is 5.02 Å². The Kier molecular flexibility index (Phi) is 3.83. The second-order valence-corrected chi connectivity index (χ2v) is 6.61. The van der Waals surface area contributed by atoms with Gasteiger partial charge >= 0.3 is 0 Å². The van der Waals surface area contributed by atoms with Gasteiger partial charge < -0.3 is 10.1 Å². The van der Waals surface area contributed by atoms with Crippen molar-refractivity contribution in [1.82, 2.24) is 0 Å². The number of alkyl halides is 1. The summed E-state index contributed by atoms with van der Waals surface area (Å²) in [7, 11) is 0. The number of nitrogens with one attached hydrogen (secondary N) is 1. The number of halogens is 2. The zero-order chi connectivity index (χ0) is 13.4. The van der Waals surface area contributed by atoms with Gasteiger partial charge in [0.2, 0.25) is 5.91 Å². The Bertz CT molecular complexity index is 514. The number of benzene rings is 1. The monoisotopic (exact) mass is 343 g/mol. The minimum Gasteiger partial charge on any atom is -0.378 e. The second kappa shape index (κ2) is 5.43.